The number of H-pyrrole nitrogens is 1. The van der Waals surface area contributed by atoms with Crippen LogP contribution in [0.4, 0.5) is 0 Å². The number of benzene rings is 1. The Labute approximate surface area is 83.8 Å². The van der Waals surface area contributed by atoms with Gasteiger partial charge in [-0.05, 0) is 36.5 Å². The van der Waals surface area contributed by atoms with Gasteiger partial charge in [0.25, 0.3) is 0 Å². The van der Waals surface area contributed by atoms with Crippen LogP contribution in [0.1, 0.15) is 24.5 Å². The molecule has 0 aliphatic heterocycles. The average Bonchev–Trinajstić information content (AvgIpc) is 2.98. The summed E-state index contributed by atoms with van der Waals surface area (Å²) in [5.74, 6) is 0.812. The van der Waals surface area contributed by atoms with E-state index in [0.29, 0.717) is 0 Å². The minimum atomic E-state index is 0.812. The van der Waals surface area contributed by atoms with Crippen molar-refractivity contribution in [2.45, 2.75) is 18.8 Å². The molecule has 1 aromatic heterocycles. The summed E-state index contributed by atoms with van der Waals surface area (Å²) in [5.41, 5.74) is 3.93. The zero-order valence-corrected chi connectivity index (χ0v) is 8.03. The van der Waals surface area contributed by atoms with Crippen molar-refractivity contribution in [3.05, 3.63) is 48.2 Å². The molecule has 1 heterocycles. The average molecular weight is 183 g/mol. The molecular weight excluding hydrogens is 170 g/mol. The first-order valence-corrected chi connectivity index (χ1v) is 5.18. The molecule has 0 unspecified atom stereocenters. The molecule has 0 amide bonds. The van der Waals surface area contributed by atoms with Gasteiger partial charge >= 0.3 is 0 Å². The first-order valence-electron chi connectivity index (χ1n) is 5.18. The van der Waals surface area contributed by atoms with Crippen molar-refractivity contribution in [3.63, 3.8) is 0 Å². The standard InChI is InChI=1S/C13H13N/c1-2-4-10(5-3-1)12-8-9-13(14-12)11-6-7-11/h1-5,8-9,11,14H,6-7H2. The second-order valence-electron chi connectivity index (χ2n) is 3.97. The molecule has 70 valence electrons. The molecule has 2 aromatic rings. The summed E-state index contributed by atoms with van der Waals surface area (Å²) in [5, 5.41) is 0. The highest BCUT2D eigenvalue weighted by Gasteiger charge is 2.24. The smallest absolute Gasteiger partial charge is 0.0456 e. The highest BCUT2D eigenvalue weighted by Crippen LogP contribution is 2.40. The van der Waals surface area contributed by atoms with E-state index in [0.717, 1.165) is 5.92 Å². The first kappa shape index (κ1) is 7.86. The van der Waals surface area contributed by atoms with Crippen LogP contribution < -0.4 is 0 Å². The summed E-state index contributed by atoms with van der Waals surface area (Å²) >= 11 is 0. The molecule has 1 saturated carbocycles. The van der Waals surface area contributed by atoms with Gasteiger partial charge in [-0.2, -0.15) is 0 Å². The lowest BCUT2D eigenvalue weighted by molar-refractivity contribution is 1.05. The van der Waals surface area contributed by atoms with Crippen LogP contribution in [0.3, 0.4) is 0 Å². The Kier molecular flexibility index (Phi) is 1.69. The normalized spacial score (nSPS) is 15.7. The minimum absolute atomic E-state index is 0.812. The predicted molar refractivity (Wildman–Crippen MR) is 58.2 cm³/mol. The van der Waals surface area contributed by atoms with Crippen molar-refractivity contribution in [3.8, 4) is 11.3 Å². The van der Waals surface area contributed by atoms with Crippen molar-refractivity contribution in [2.75, 3.05) is 0 Å². The van der Waals surface area contributed by atoms with Gasteiger partial charge in [-0.25, -0.2) is 0 Å². The van der Waals surface area contributed by atoms with Gasteiger partial charge in [0.05, 0.1) is 0 Å². The van der Waals surface area contributed by atoms with Gasteiger partial charge in [-0.3, -0.25) is 0 Å². The second-order valence-corrected chi connectivity index (χ2v) is 3.97. The minimum Gasteiger partial charge on any atom is -0.358 e. The van der Waals surface area contributed by atoms with Crippen LogP contribution >= 0.6 is 0 Å². The van der Waals surface area contributed by atoms with Crippen molar-refractivity contribution in [1.82, 2.24) is 4.98 Å². The molecule has 1 fully saturated rings. The highest BCUT2D eigenvalue weighted by molar-refractivity contribution is 5.59. The predicted octanol–water partition coefficient (Wildman–Crippen LogP) is 3.56. The number of aromatic amines is 1. The summed E-state index contributed by atoms with van der Waals surface area (Å²) in [6.07, 6.45) is 2.71. The van der Waals surface area contributed by atoms with Crippen LogP contribution in [0.5, 0.6) is 0 Å². The Balaban J connectivity index is 1.96. The molecule has 0 bridgehead atoms. The Morgan fingerprint density at radius 3 is 2.43 bits per heavy atom. The van der Waals surface area contributed by atoms with Crippen LogP contribution in [0, 0.1) is 0 Å². The summed E-state index contributed by atoms with van der Waals surface area (Å²) in [6, 6.07) is 14.9. The van der Waals surface area contributed by atoms with Crippen LogP contribution in [0.25, 0.3) is 11.3 Å². The molecule has 0 atom stereocenters. The second kappa shape index (κ2) is 3.02. The van der Waals surface area contributed by atoms with Crippen LogP contribution in [0.15, 0.2) is 42.5 Å². The maximum absolute atomic E-state index is 3.49. The molecule has 14 heavy (non-hydrogen) atoms. The molecule has 1 heteroatoms. The lowest BCUT2D eigenvalue weighted by atomic mass is 10.2. The number of aromatic nitrogens is 1. The Morgan fingerprint density at radius 1 is 0.929 bits per heavy atom. The molecule has 1 aliphatic rings. The SMILES string of the molecule is c1ccc(-c2ccc(C3CC3)[nH]2)cc1. The van der Waals surface area contributed by atoms with E-state index >= 15 is 0 Å². The lowest BCUT2D eigenvalue weighted by Crippen LogP contribution is -1.79. The molecule has 1 nitrogen and oxygen atoms in total. The molecule has 0 spiro atoms. The Morgan fingerprint density at radius 2 is 1.71 bits per heavy atom. The number of nitrogens with one attached hydrogen (secondary N) is 1. The zero-order chi connectivity index (χ0) is 9.38. The van der Waals surface area contributed by atoms with Gasteiger partial charge in [0.1, 0.15) is 0 Å². The van der Waals surface area contributed by atoms with Gasteiger partial charge < -0.3 is 4.98 Å². The molecule has 3 rings (SSSR count). The summed E-state index contributed by atoms with van der Waals surface area (Å²) in [4.78, 5) is 3.49. The van der Waals surface area contributed by atoms with E-state index in [1.54, 1.807) is 0 Å². The Hall–Kier alpha value is -1.50. The fraction of sp³-hybridized carbons (Fsp3) is 0.231. The van der Waals surface area contributed by atoms with Gasteiger partial charge in [0.15, 0.2) is 0 Å². The largest absolute Gasteiger partial charge is 0.358 e. The van der Waals surface area contributed by atoms with E-state index in [2.05, 4.69) is 41.4 Å². The number of hydrogen-bond donors (Lipinski definition) is 1. The number of rotatable bonds is 2. The summed E-state index contributed by atoms with van der Waals surface area (Å²) < 4.78 is 0. The van der Waals surface area contributed by atoms with Crippen molar-refractivity contribution in [2.24, 2.45) is 0 Å². The van der Waals surface area contributed by atoms with E-state index in [1.807, 2.05) is 6.07 Å². The fourth-order valence-electron chi connectivity index (χ4n) is 1.83. The first-order chi connectivity index (χ1) is 6.93. The molecular formula is C13H13N. The molecule has 1 aliphatic carbocycles. The van der Waals surface area contributed by atoms with Crippen molar-refractivity contribution < 1.29 is 0 Å². The lowest BCUT2D eigenvalue weighted by Gasteiger charge is -1.96. The van der Waals surface area contributed by atoms with Crippen LogP contribution in [-0.2, 0) is 0 Å². The summed E-state index contributed by atoms with van der Waals surface area (Å²) in [6.45, 7) is 0. The Bertz CT molecular complexity index is 424. The maximum Gasteiger partial charge on any atom is 0.0456 e. The molecule has 1 aromatic carbocycles. The molecule has 1 N–H and O–H groups in total. The van der Waals surface area contributed by atoms with E-state index in [-0.39, 0.29) is 0 Å². The van der Waals surface area contributed by atoms with Crippen LogP contribution in [0.2, 0.25) is 0 Å². The fourth-order valence-corrected chi connectivity index (χ4v) is 1.83. The van der Waals surface area contributed by atoms with E-state index in [9.17, 15) is 0 Å². The van der Waals surface area contributed by atoms with E-state index in [1.165, 1.54) is 29.8 Å². The number of hydrogen-bond acceptors (Lipinski definition) is 0. The third-order valence-corrected chi connectivity index (χ3v) is 2.81. The third-order valence-electron chi connectivity index (χ3n) is 2.81. The van der Waals surface area contributed by atoms with Gasteiger partial charge in [-0.1, -0.05) is 30.3 Å². The van der Waals surface area contributed by atoms with Gasteiger partial charge in [-0.15, -0.1) is 0 Å². The van der Waals surface area contributed by atoms with Crippen molar-refractivity contribution >= 4 is 0 Å². The maximum atomic E-state index is 3.49. The van der Waals surface area contributed by atoms with Gasteiger partial charge in [0.2, 0.25) is 0 Å². The zero-order valence-electron chi connectivity index (χ0n) is 8.03. The van der Waals surface area contributed by atoms with E-state index in [4.69, 9.17) is 0 Å². The van der Waals surface area contributed by atoms with Gasteiger partial charge in [0, 0.05) is 11.4 Å². The topological polar surface area (TPSA) is 15.8 Å². The van der Waals surface area contributed by atoms with E-state index < -0.39 is 0 Å². The monoisotopic (exact) mass is 183 g/mol. The molecule has 0 saturated heterocycles. The third kappa shape index (κ3) is 1.35. The molecule has 0 radical (unpaired) electrons. The highest BCUT2D eigenvalue weighted by atomic mass is 14.7. The quantitative estimate of drug-likeness (QED) is 0.732. The van der Waals surface area contributed by atoms with Crippen molar-refractivity contribution in [1.29, 1.82) is 0 Å². The van der Waals surface area contributed by atoms with Crippen LogP contribution in [-0.4, -0.2) is 4.98 Å². The summed E-state index contributed by atoms with van der Waals surface area (Å²) in [7, 11) is 0.